The number of benzene rings is 1. The number of rotatable bonds is 5. The van der Waals surface area contributed by atoms with Gasteiger partial charge in [0, 0.05) is 30.4 Å². The Kier molecular flexibility index (Phi) is 6.43. The maximum absolute atomic E-state index is 12.7. The number of Topliss-reactive ketones (excluding diaryl/α,β-unsaturated/α-hetero) is 1. The average molecular weight is 459 g/mol. The summed E-state index contributed by atoms with van der Waals surface area (Å²) in [5.41, 5.74) is 2.61. The first-order valence-corrected chi connectivity index (χ1v) is 11.0. The van der Waals surface area contributed by atoms with Gasteiger partial charge in [0.25, 0.3) is 5.91 Å². The van der Waals surface area contributed by atoms with Gasteiger partial charge in [-0.2, -0.15) is 5.26 Å². The maximum Gasteiger partial charge on any atom is 0.264 e. The zero-order valence-corrected chi connectivity index (χ0v) is 19.4. The van der Waals surface area contributed by atoms with E-state index in [1.165, 1.54) is 0 Å². The number of nitriles is 1. The van der Waals surface area contributed by atoms with Crippen LogP contribution in [0.4, 0.5) is 11.5 Å². The van der Waals surface area contributed by atoms with Crippen molar-refractivity contribution in [1.29, 1.82) is 5.26 Å². The zero-order valence-electron chi connectivity index (χ0n) is 19.4. The second kappa shape index (κ2) is 9.45. The lowest BCUT2D eigenvalue weighted by molar-refractivity contribution is -0.130. The van der Waals surface area contributed by atoms with E-state index in [2.05, 4.69) is 20.3 Å². The lowest BCUT2D eigenvalue weighted by Crippen LogP contribution is -2.41. The summed E-state index contributed by atoms with van der Waals surface area (Å²) in [5, 5.41) is 12.7. The molecule has 1 aliphatic heterocycles. The molecule has 174 valence electrons. The number of morpholine rings is 1. The minimum atomic E-state index is -0.533. The van der Waals surface area contributed by atoms with Crippen molar-refractivity contribution in [2.75, 3.05) is 31.6 Å². The fraction of sp³-hybridized carbons (Fsp3) is 0.320. The number of carbonyl (C=O) groups excluding carboxylic acids is 2. The van der Waals surface area contributed by atoms with Gasteiger partial charge in [-0.1, -0.05) is 32.9 Å². The van der Waals surface area contributed by atoms with Gasteiger partial charge in [-0.25, -0.2) is 9.97 Å². The standard InChI is InChI=1S/C25H26N6O3/c1-25(2,3)22(32)19-14-27-23-21(19)30-20(15-28-23)29-18-6-4-16(5-7-18)12-17(13-26)24(33)31-8-10-34-11-9-31/h4-7,12,14-15H,8-11H2,1-3H3,(H,27,28)(H,29,30). The number of ether oxygens (including phenoxy) is 1. The largest absolute Gasteiger partial charge is 0.378 e. The first-order chi connectivity index (χ1) is 16.3. The quantitative estimate of drug-likeness (QED) is 0.339. The van der Waals surface area contributed by atoms with Crippen molar-refractivity contribution in [2.24, 2.45) is 5.41 Å². The molecule has 3 heterocycles. The van der Waals surface area contributed by atoms with Crippen molar-refractivity contribution < 1.29 is 14.3 Å². The van der Waals surface area contributed by atoms with Gasteiger partial charge in [-0.05, 0) is 23.8 Å². The Balaban J connectivity index is 1.51. The number of fused-ring (bicyclic) bond motifs is 1. The summed E-state index contributed by atoms with van der Waals surface area (Å²) in [6.07, 6.45) is 4.82. The average Bonchev–Trinajstić information content (AvgIpc) is 3.25. The number of hydrogen-bond acceptors (Lipinski definition) is 7. The second-order valence-corrected chi connectivity index (χ2v) is 9.06. The van der Waals surface area contributed by atoms with E-state index in [1.54, 1.807) is 23.4 Å². The molecule has 9 heteroatoms. The van der Waals surface area contributed by atoms with Crippen molar-refractivity contribution in [3.8, 4) is 6.07 Å². The van der Waals surface area contributed by atoms with Gasteiger partial charge in [0.2, 0.25) is 0 Å². The summed E-state index contributed by atoms with van der Waals surface area (Å²) in [6, 6.07) is 9.27. The molecule has 1 saturated heterocycles. The highest BCUT2D eigenvalue weighted by atomic mass is 16.5. The van der Waals surface area contributed by atoms with Gasteiger partial charge in [0.05, 0.1) is 25.0 Å². The van der Waals surface area contributed by atoms with Gasteiger partial charge in [0.15, 0.2) is 11.4 Å². The van der Waals surface area contributed by atoms with Crippen molar-refractivity contribution in [2.45, 2.75) is 20.8 Å². The van der Waals surface area contributed by atoms with Crippen LogP contribution in [0.15, 0.2) is 42.2 Å². The number of hydrogen-bond donors (Lipinski definition) is 2. The third kappa shape index (κ3) is 4.97. The Morgan fingerprint density at radius 2 is 1.91 bits per heavy atom. The van der Waals surface area contributed by atoms with Crippen LogP contribution >= 0.6 is 0 Å². The molecule has 0 atom stereocenters. The van der Waals surface area contributed by atoms with Crippen LogP contribution in [0.5, 0.6) is 0 Å². The Labute approximate surface area is 197 Å². The van der Waals surface area contributed by atoms with Crippen LogP contribution < -0.4 is 5.32 Å². The minimum Gasteiger partial charge on any atom is -0.378 e. The highest BCUT2D eigenvalue weighted by Crippen LogP contribution is 2.26. The third-order valence-electron chi connectivity index (χ3n) is 5.45. The van der Waals surface area contributed by atoms with Gasteiger partial charge in [-0.15, -0.1) is 0 Å². The van der Waals surface area contributed by atoms with E-state index < -0.39 is 5.41 Å². The molecule has 0 saturated carbocycles. The SMILES string of the molecule is CC(C)(C)C(=O)c1c[nH]c2ncc(Nc3ccc(C=C(C#N)C(=O)N4CCOCC4)cc3)nc12. The van der Waals surface area contributed by atoms with Crippen molar-refractivity contribution in [3.05, 3.63) is 53.4 Å². The molecule has 1 aliphatic rings. The predicted octanol–water partition coefficient (Wildman–Crippen LogP) is 3.70. The van der Waals surface area contributed by atoms with E-state index in [9.17, 15) is 14.9 Å². The summed E-state index contributed by atoms with van der Waals surface area (Å²) in [7, 11) is 0. The van der Waals surface area contributed by atoms with Crippen molar-refractivity contribution in [3.63, 3.8) is 0 Å². The molecule has 0 unspecified atom stereocenters. The number of nitrogens with zero attached hydrogens (tertiary/aromatic N) is 4. The predicted molar refractivity (Wildman–Crippen MR) is 128 cm³/mol. The summed E-state index contributed by atoms with van der Waals surface area (Å²) < 4.78 is 5.26. The van der Waals surface area contributed by atoms with E-state index in [-0.39, 0.29) is 17.3 Å². The first-order valence-electron chi connectivity index (χ1n) is 11.0. The number of aromatic amines is 1. The molecule has 0 spiro atoms. The Morgan fingerprint density at radius 3 is 2.56 bits per heavy atom. The van der Waals surface area contributed by atoms with Gasteiger partial charge >= 0.3 is 0 Å². The van der Waals surface area contributed by atoms with Crippen molar-refractivity contribution >= 4 is 40.4 Å². The molecule has 1 amide bonds. The number of H-pyrrole nitrogens is 1. The Bertz CT molecular complexity index is 1290. The van der Waals surface area contributed by atoms with Crippen LogP contribution in [-0.4, -0.2) is 57.8 Å². The number of anilines is 2. The number of nitrogens with one attached hydrogen (secondary N) is 2. The molecule has 0 bridgehead atoms. The van der Waals surface area contributed by atoms with Gasteiger partial charge < -0.3 is 19.9 Å². The Hall–Kier alpha value is -4.03. The van der Waals surface area contributed by atoms with Crippen LogP contribution in [-0.2, 0) is 9.53 Å². The maximum atomic E-state index is 12.7. The molecular formula is C25H26N6O3. The molecule has 3 aromatic rings. The van der Waals surface area contributed by atoms with Gasteiger partial charge in [0.1, 0.15) is 23.0 Å². The molecule has 1 fully saturated rings. The molecule has 4 rings (SSSR count). The summed E-state index contributed by atoms with van der Waals surface area (Å²) in [4.78, 5) is 38.9. The monoisotopic (exact) mass is 458 g/mol. The van der Waals surface area contributed by atoms with Gasteiger partial charge in [-0.3, -0.25) is 9.59 Å². The summed E-state index contributed by atoms with van der Waals surface area (Å²) in [6.45, 7) is 7.53. The van der Waals surface area contributed by atoms with E-state index in [0.29, 0.717) is 48.8 Å². The third-order valence-corrected chi connectivity index (χ3v) is 5.45. The lowest BCUT2D eigenvalue weighted by Gasteiger charge is -2.26. The number of carbonyl (C=O) groups is 2. The summed E-state index contributed by atoms with van der Waals surface area (Å²) in [5.74, 6) is 0.198. The molecular weight excluding hydrogens is 432 g/mol. The number of amides is 1. The number of ketones is 1. The van der Waals surface area contributed by atoms with Crippen LogP contribution in [0, 0.1) is 16.7 Å². The molecule has 1 aromatic carbocycles. The van der Waals surface area contributed by atoms with Crippen LogP contribution in [0.2, 0.25) is 0 Å². The van der Waals surface area contributed by atoms with E-state index >= 15 is 0 Å². The molecule has 9 nitrogen and oxygen atoms in total. The van der Waals surface area contributed by atoms with E-state index in [0.717, 1.165) is 11.3 Å². The minimum absolute atomic E-state index is 0.0127. The molecule has 0 radical (unpaired) electrons. The molecule has 0 aliphatic carbocycles. The smallest absolute Gasteiger partial charge is 0.264 e. The number of aromatic nitrogens is 3. The summed E-state index contributed by atoms with van der Waals surface area (Å²) >= 11 is 0. The highest BCUT2D eigenvalue weighted by Gasteiger charge is 2.26. The van der Waals surface area contributed by atoms with E-state index in [4.69, 9.17) is 4.74 Å². The normalized spacial score (nSPS) is 14.6. The molecule has 2 N–H and O–H groups in total. The second-order valence-electron chi connectivity index (χ2n) is 9.06. The first kappa shape index (κ1) is 23.1. The van der Waals surface area contributed by atoms with E-state index in [1.807, 2.05) is 51.1 Å². The molecule has 34 heavy (non-hydrogen) atoms. The van der Waals surface area contributed by atoms with Crippen molar-refractivity contribution in [1.82, 2.24) is 19.9 Å². The van der Waals surface area contributed by atoms with Crippen LogP contribution in [0.1, 0.15) is 36.7 Å². The topological polar surface area (TPSA) is 124 Å². The fourth-order valence-electron chi connectivity index (χ4n) is 3.58. The fourth-order valence-corrected chi connectivity index (χ4v) is 3.58. The highest BCUT2D eigenvalue weighted by molar-refractivity contribution is 6.08. The zero-order chi connectivity index (χ0) is 24.3. The molecule has 2 aromatic heterocycles. The Morgan fingerprint density at radius 1 is 1.21 bits per heavy atom. The van der Waals surface area contributed by atoms with Crippen LogP contribution in [0.3, 0.4) is 0 Å². The van der Waals surface area contributed by atoms with Crippen LogP contribution in [0.25, 0.3) is 17.2 Å². The lowest BCUT2D eigenvalue weighted by atomic mass is 9.87.